The normalized spacial score (nSPS) is 22.9. The van der Waals surface area contributed by atoms with Crippen molar-refractivity contribution in [2.24, 2.45) is 10.9 Å². The molecule has 0 saturated carbocycles. The molecule has 2 fully saturated rings. The molecule has 1 aromatic carbocycles. The first kappa shape index (κ1) is 39.2. The number of nitrogens with one attached hydrogen (secondary N) is 4. The van der Waals surface area contributed by atoms with E-state index < -0.39 is 24.3 Å². The van der Waals surface area contributed by atoms with Crippen molar-refractivity contribution in [1.29, 1.82) is 0 Å². The van der Waals surface area contributed by atoms with E-state index in [0.29, 0.717) is 13.1 Å². The van der Waals surface area contributed by atoms with E-state index in [9.17, 15) is 19.2 Å². The van der Waals surface area contributed by atoms with Crippen LogP contribution in [0.25, 0.3) is 11.3 Å². The molecule has 2 aliphatic carbocycles. The number of imidazole rings is 1. The number of hydrogen-bond acceptors (Lipinski definition) is 9. The second kappa shape index (κ2) is 17.0. The predicted octanol–water partition coefficient (Wildman–Crippen LogP) is 3.94. The zero-order valence-electron chi connectivity index (χ0n) is 32.9. The van der Waals surface area contributed by atoms with E-state index in [-0.39, 0.29) is 48.3 Å². The van der Waals surface area contributed by atoms with Crippen LogP contribution in [0.2, 0.25) is 0 Å². The van der Waals surface area contributed by atoms with Gasteiger partial charge in [-0.25, -0.2) is 14.6 Å². The van der Waals surface area contributed by atoms with Crippen LogP contribution in [0.3, 0.4) is 0 Å². The van der Waals surface area contributed by atoms with Crippen LogP contribution in [-0.4, -0.2) is 107 Å². The molecule has 6 atom stereocenters. The fourth-order valence-corrected chi connectivity index (χ4v) is 8.48. The molecule has 4 N–H and O–H groups in total. The van der Waals surface area contributed by atoms with Crippen molar-refractivity contribution >= 4 is 29.8 Å². The Balaban J connectivity index is 1.03. The number of ether oxygens (including phenoxy) is 2. The van der Waals surface area contributed by atoms with Gasteiger partial charge in [0.25, 0.3) is 0 Å². The first-order valence-corrected chi connectivity index (χ1v) is 19.8. The van der Waals surface area contributed by atoms with Gasteiger partial charge in [-0.3, -0.25) is 14.6 Å². The highest BCUT2D eigenvalue weighted by molar-refractivity contribution is 5.96. The number of H-pyrrole nitrogens is 1. The van der Waals surface area contributed by atoms with Gasteiger partial charge >= 0.3 is 12.2 Å². The van der Waals surface area contributed by atoms with Gasteiger partial charge < -0.3 is 40.2 Å². The number of alkyl carbamates (subject to hydrolysis) is 2. The van der Waals surface area contributed by atoms with Gasteiger partial charge in [-0.15, -0.1) is 12.3 Å². The first-order valence-electron chi connectivity index (χ1n) is 19.8. The fraction of sp³-hybridized carbons (Fsp3) is 0.488. The summed E-state index contributed by atoms with van der Waals surface area (Å²) in [4.78, 5) is 68.4. The molecule has 2 aromatic rings. The molecular formula is C43H50N8O6. The number of carbonyl (C=O) groups excluding carboxylic acids is 4. The molecule has 1 aromatic heterocycles. The van der Waals surface area contributed by atoms with Crippen molar-refractivity contribution in [3.8, 4) is 35.4 Å². The van der Waals surface area contributed by atoms with Crippen LogP contribution >= 0.6 is 0 Å². The summed E-state index contributed by atoms with van der Waals surface area (Å²) in [6.07, 6.45) is 16.3. The molecule has 14 heteroatoms. The summed E-state index contributed by atoms with van der Waals surface area (Å²) in [5.74, 6) is 10.2. The van der Waals surface area contributed by atoms with E-state index in [1.54, 1.807) is 4.90 Å². The van der Waals surface area contributed by atoms with Crippen LogP contribution in [0, 0.1) is 30.1 Å². The summed E-state index contributed by atoms with van der Waals surface area (Å²) in [5, 5.41) is 8.83. The zero-order valence-corrected chi connectivity index (χ0v) is 32.9. The minimum atomic E-state index is -0.872. The SMILES string of the molecule is C#CC[C@H](NC(=O)OC)C(=O)N1CCCC1C1=NC2C=CC(C#Cc3ccc4c(c3)CCCc3[nH]c(C5CCCN5C(=O)[C@@H](NC(=O)OC)C(C)C)nc3-4)=CC2N1. The van der Waals surface area contributed by atoms with Crippen molar-refractivity contribution in [3.63, 3.8) is 0 Å². The lowest BCUT2D eigenvalue weighted by Crippen LogP contribution is -2.53. The molecule has 2 saturated heterocycles. The molecule has 4 amide bonds. The van der Waals surface area contributed by atoms with Gasteiger partial charge in [0.05, 0.1) is 44.1 Å². The Morgan fingerprint density at radius 1 is 0.965 bits per heavy atom. The van der Waals surface area contributed by atoms with E-state index in [1.807, 2.05) is 37.0 Å². The number of benzene rings is 1. The highest BCUT2D eigenvalue weighted by Gasteiger charge is 2.41. The number of carbonyl (C=O) groups is 4. The van der Waals surface area contributed by atoms with Crippen LogP contribution in [0.5, 0.6) is 0 Å². The van der Waals surface area contributed by atoms with Crippen molar-refractivity contribution in [2.45, 2.75) is 101 Å². The maximum Gasteiger partial charge on any atom is 0.407 e. The quantitative estimate of drug-likeness (QED) is 0.293. The molecule has 4 unspecified atom stereocenters. The standard InChI is InChI=1S/C43H50N8O6/c1-6-10-32(47-42(54)56-4)40(52)50-21-8-13-34(50)38-44-30-20-18-27(24-33(30)46-38)16-15-26-17-19-29-28(23-26)11-7-12-31-37(29)48-39(45-31)35-14-9-22-51(35)41(53)36(25(2)3)49-43(55)57-5/h1,17-20,23-25,30,32-36H,7-14,21-22H2,2-5H3,(H,44,46)(H,45,48)(H,47,54)(H,49,55)/t30?,32-,33?,34?,35?,36-/m0/s1. The van der Waals surface area contributed by atoms with Crippen LogP contribution in [0.1, 0.15) is 81.1 Å². The Hall–Kier alpha value is -6.02. The first-order chi connectivity index (χ1) is 27.6. The number of allylic oxidation sites excluding steroid dienone is 2. The lowest BCUT2D eigenvalue weighted by molar-refractivity contribution is -0.135. The average molecular weight is 775 g/mol. The van der Waals surface area contributed by atoms with E-state index in [2.05, 4.69) is 56.9 Å². The number of rotatable bonds is 8. The molecule has 0 radical (unpaired) electrons. The Bertz CT molecular complexity index is 2120. The second-order valence-corrected chi connectivity index (χ2v) is 15.4. The third kappa shape index (κ3) is 8.27. The fourth-order valence-electron chi connectivity index (χ4n) is 8.48. The number of hydrogen-bond donors (Lipinski definition) is 4. The van der Waals surface area contributed by atoms with E-state index in [0.717, 1.165) is 84.7 Å². The molecule has 14 nitrogen and oxygen atoms in total. The third-order valence-corrected chi connectivity index (χ3v) is 11.4. The number of aryl methyl sites for hydroxylation is 2. The maximum atomic E-state index is 13.7. The number of aliphatic imine (C=N–C) groups is 1. The van der Waals surface area contributed by atoms with Gasteiger partial charge in [0.15, 0.2) is 0 Å². The zero-order chi connectivity index (χ0) is 40.2. The summed E-state index contributed by atoms with van der Waals surface area (Å²) in [6.45, 7) is 4.97. The predicted molar refractivity (Wildman–Crippen MR) is 214 cm³/mol. The van der Waals surface area contributed by atoms with Crippen molar-refractivity contribution in [3.05, 3.63) is 64.6 Å². The number of terminal acetylenes is 1. The van der Waals surface area contributed by atoms with Gasteiger partial charge in [0.2, 0.25) is 11.8 Å². The topological polar surface area (TPSA) is 170 Å². The Kier molecular flexibility index (Phi) is 11.7. The molecule has 0 spiro atoms. The van der Waals surface area contributed by atoms with Gasteiger partial charge in [-0.2, -0.15) is 0 Å². The Labute approximate surface area is 333 Å². The summed E-state index contributed by atoms with van der Waals surface area (Å²) < 4.78 is 9.49. The highest BCUT2D eigenvalue weighted by atomic mass is 16.5. The molecule has 4 heterocycles. The van der Waals surface area contributed by atoms with Crippen molar-refractivity contribution in [2.75, 3.05) is 27.3 Å². The van der Waals surface area contributed by atoms with Crippen LogP contribution in [0.15, 0.2) is 47.0 Å². The largest absolute Gasteiger partial charge is 0.453 e. The summed E-state index contributed by atoms with van der Waals surface area (Å²) in [7, 11) is 2.55. The Morgan fingerprint density at radius 2 is 1.70 bits per heavy atom. The van der Waals surface area contributed by atoms with Gasteiger partial charge in [0.1, 0.15) is 23.7 Å². The molecule has 298 valence electrons. The lowest BCUT2D eigenvalue weighted by Gasteiger charge is -2.30. The van der Waals surface area contributed by atoms with Gasteiger partial charge in [-0.05, 0) is 80.7 Å². The molecule has 57 heavy (non-hydrogen) atoms. The van der Waals surface area contributed by atoms with Gasteiger partial charge in [-0.1, -0.05) is 37.8 Å². The second-order valence-electron chi connectivity index (χ2n) is 15.4. The maximum absolute atomic E-state index is 13.7. The number of amidine groups is 1. The molecule has 3 aliphatic heterocycles. The van der Waals surface area contributed by atoms with Crippen LogP contribution in [-0.2, 0) is 31.9 Å². The molecule has 0 bridgehead atoms. The number of methoxy groups -OCH3 is 2. The van der Waals surface area contributed by atoms with Gasteiger partial charge in [0, 0.05) is 41.9 Å². The third-order valence-electron chi connectivity index (χ3n) is 11.4. The summed E-state index contributed by atoms with van der Waals surface area (Å²) in [5.41, 5.74) is 6.04. The van der Waals surface area contributed by atoms with Crippen LogP contribution in [0.4, 0.5) is 9.59 Å². The van der Waals surface area contributed by atoms with Crippen molar-refractivity contribution < 1.29 is 28.7 Å². The summed E-state index contributed by atoms with van der Waals surface area (Å²) in [6, 6.07) is 4.09. The summed E-state index contributed by atoms with van der Waals surface area (Å²) >= 11 is 0. The lowest BCUT2D eigenvalue weighted by atomic mass is 9.98. The minimum absolute atomic E-state index is 0.0621. The Morgan fingerprint density at radius 3 is 2.44 bits per heavy atom. The minimum Gasteiger partial charge on any atom is -0.453 e. The number of nitrogens with zero attached hydrogens (tertiary/aromatic N) is 4. The highest BCUT2D eigenvalue weighted by Crippen LogP contribution is 2.37. The molecular weight excluding hydrogens is 725 g/mol. The van der Waals surface area contributed by atoms with E-state index >= 15 is 0 Å². The average Bonchev–Trinajstić information content (AvgIpc) is 4.03. The molecule has 7 rings (SSSR count). The number of fused-ring (bicyclic) bond motifs is 4. The van der Waals surface area contributed by atoms with E-state index in [4.69, 9.17) is 25.9 Å². The number of likely N-dealkylation sites (tertiary alicyclic amines) is 2. The number of aromatic amines is 1. The number of aromatic nitrogens is 2. The van der Waals surface area contributed by atoms with Crippen molar-refractivity contribution in [1.82, 2.24) is 35.7 Å². The smallest absolute Gasteiger partial charge is 0.407 e. The van der Waals surface area contributed by atoms with Crippen LogP contribution < -0.4 is 16.0 Å². The monoisotopic (exact) mass is 774 g/mol. The van der Waals surface area contributed by atoms with E-state index in [1.165, 1.54) is 19.8 Å². The molecule has 5 aliphatic rings. The number of amides is 4.